The highest BCUT2D eigenvalue weighted by Gasteiger charge is 2.09. The Hall–Kier alpha value is -1.37. The normalized spacial score (nSPS) is 10.6. The molecule has 0 atom stereocenters. The van der Waals surface area contributed by atoms with Gasteiger partial charge >= 0.3 is 0 Å². The number of hydrogen-bond acceptors (Lipinski definition) is 3. The van der Waals surface area contributed by atoms with Crippen molar-refractivity contribution in [2.75, 3.05) is 6.61 Å². The second kappa shape index (κ2) is 6.88. The first-order chi connectivity index (χ1) is 9.65. The number of aromatic nitrogens is 2. The molecule has 0 saturated carbocycles. The Balaban J connectivity index is 2.39. The first-order valence-electron chi connectivity index (χ1n) is 6.67. The summed E-state index contributed by atoms with van der Waals surface area (Å²) >= 11 is 2.05. The summed E-state index contributed by atoms with van der Waals surface area (Å²) in [6.07, 6.45) is 1.78. The standard InChI is InChI=1S/C15H17IN2O2/c1-3-5-12-13(16)15(19)18-14(17-12)10-6-8-11(9-7-10)20-4-2/h6-9H,3-5H2,1-2H3,(H,17,18,19). The van der Waals surface area contributed by atoms with Gasteiger partial charge in [-0.3, -0.25) is 4.79 Å². The third kappa shape index (κ3) is 3.39. The Morgan fingerprint density at radius 3 is 2.55 bits per heavy atom. The number of aromatic amines is 1. The van der Waals surface area contributed by atoms with Crippen molar-refractivity contribution >= 4 is 22.6 Å². The first kappa shape index (κ1) is 15.0. The number of halogens is 1. The monoisotopic (exact) mass is 384 g/mol. The number of hydrogen-bond donors (Lipinski definition) is 1. The van der Waals surface area contributed by atoms with Crippen molar-refractivity contribution in [2.45, 2.75) is 26.7 Å². The Labute approximate surface area is 131 Å². The van der Waals surface area contributed by atoms with Gasteiger partial charge in [0.05, 0.1) is 15.9 Å². The predicted molar refractivity (Wildman–Crippen MR) is 88.2 cm³/mol. The molecular weight excluding hydrogens is 367 g/mol. The SMILES string of the molecule is CCCc1nc(-c2ccc(OCC)cc2)[nH]c(=O)c1I. The van der Waals surface area contributed by atoms with Crippen molar-refractivity contribution in [1.29, 1.82) is 0 Å². The molecule has 2 aromatic rings. The van der Waals surface area contributed by atoms with Crippen molar-refractivity contribution in [1.82, 2.24) is 9.97 Å². The lowest BCUT2D eigenvalue weighted by Crippen LogP contribution is -2.16. The van der Waals surface area contributed by atoms with Gasteiger partial charge in [0.25, 0.3) is 5.56 Å². The lowest BCUT2D eigenvalue weighted by molar-refractivity contribution is 0.340. The fourth-order valence-electron chi connectivity index (χ4n) is 1.92. The molecule has 0 aliphatic carbocycles. The largest absolute Gasteiger partial charge is 0.494 e. The van der Waals surface area contributed by atoms with Gasteiger partial charge in [0.2, 0.25) is 0 Å². The van der Waals surface area contributed by atoms with Gasteiger partial charge in [-0.25, -0.2) is 4.98 Å². The van der Waals surface area contributed by atoms with Crippen molar-refractivity contribution in [3.63, 3.8) is 0 Å². The molecule has 0 spiro atoms. The molecular formula is C15H17IN2O2. The summed E-state index contributed by atoms with van der Waals surface area (Å²) in [5, 5.41) is 0. The van der Waals surface area contributed by atoms with Crippen molar-refractivity contribution in [3.8, 4) is 17.1 Å². The molecule has 2 rings (SSSR count). The van der Waals surface area contributed by atoms with E-state index >= 15 is 0 Å². The maximum atomic E-state index is 12.0. The molecule has 106 valence electrons. The van der Waals surface area contributed by atoms with Crippen molar-refractivity contribution < 1.29 is 4.74 Å². The molecule has 1 heterocycles. The summed E-state index contributed by atoms with van der Waals surface area (Å²) in [5.41, 5.74) is 1.67. The molecule has 0 radical (unpaired) electrons. The van der Waals surface area contributed by atoms with E-state index in [9.17, 15) is 4.79 Å². The minimum absolute atomic E-state index is 0.0760. The average molecular weight is 384 g/mol. The van der Waals surface area contributed by atoms with Crippen LogP contribution in [0, 0.1) is 3.57 Å². The number of nitrogens with zero attached hydrogens (tertiary/aromatic N) is 1. The van der Waals surface area contributed by atoms with Gasteiger partial charge in [0, 0.05) is 5.56 Å². The van der Waals surface area contributed by atoms with Gasteiger partial charge < -0.3 is 9.72 Å². The van der Waals surface area contributed by atoms with E-state index in [4.69, 9.17) is 4.74 Å². The summed E-state index contributed by atoms with van der Waals surface area (Å²) in [7, 11) is 0. The fraction of sp³-hybridized carbons (Fsp3) is 0.333. The highest BCUT2D eigenvalue weighted by molar-refractivity contribution is 14.1. The average Bonchev–Trinajstić information content (AvgIpc) is 2.45. The number of rotatable bonds is 5. The van der Waals surface area contributed by atoms with Crippen LogP contribution < -0.4 is 10.3 Å². The van der Waals surface area contributed by atoms with E-state index in [1.807, 2.05) is 31.2 Å². The zero-order chi connectivity index (χ0) is 14.5. The number of ether oxygens (including phenoxy) is 1. The molecule has 20 heavy (non-hydrogen) atoms. The second-order valence-corrected chi connectivity index (χ2v) is 5.46. The molecule has 0 aliphatic rings. The summed E-state index contributed by atoms with van der Waals surface area (Å²) < 4.78 is 6.09. The van der Waals surface area contributed by atoms with Crippen LogP contribution in [0.1, 0.15) is 26.0 Å². The van der Waals surface area contributed by atoms with Crippen molar-refractivity contribution in [3.05, 3.63) is 43.9 Å². The highest BCUT2D eigenvalue weighted by Crippen LogP contribution is 2.20. The Bertz CT molecular complexity index is 635. The molecule has 5 heteroatoms. The maximum absolute atomic E-state index is 12.0. The smallest absolute Gasteiger partial charge is 0.264 e. The van der Waals surface area contributed by atoms with E-state index in [1.54, 1.807) is 0 Å². The summed E-state index contributed by atoms with van der Waals surface area (Å²) in [6, 6.07) is 7.59. The van der Waals surface area contributed by atoms with Crippen LogP contribution in [0.4, 0.5) is 0 Å². The molecule has 0 unspecified atom stereocenters. The van der Waals surface area contributed by atoms with Crippen LogP contribution >= 0.6 is 22.6 Å². The molecule has 0 aliphatic heterocycles. The Morgan fingerprint density at radius 1 is 1.25 bits per heavy atom. The number of aryl methyl sites for hydroxylation is 1. The van der Waals surface area contributed by atoms with Crippen LogP contribution in [0.25, 0.3) is 11.4 Å². The molecule has 0 fully saturated rings. The van der Waals surface area contributed by atoms with E-state index in [1.165, 1.54) is 0 Å². The van der Waals surface area contributed by atoms with E-state index < -0.39 is 0 Å². The van der Waals surface area contributed by atoms with Crippen LogP contribution in [0.15, 0.2) is 29.1 Å². The van der Waals surface area contributed by atoms with Gasteiger partial charge in [0.1, 0.15) is 11.6 Å². The second-order valence-electron chi connectivity index (χ2n) is 4.38. The van der Waals surface area contributed by atoms with E-state index in [0.717, 1.165) is 29.8 Å². The molecule has 1 aromatic carbocycles. The topological polar surface area (TPSA) is 55.0 Å². The van der Waals surface area contributed by atoms with Crippen LogP contribution in [0.5, 0.6) is 5.75 Å². The minimum Gasteiger partial charge on any atom is -0.494 e. The third-order valence-corrected chi connectivity index (χ3v) is 3.97. The summed E-state index contributed by atoms with van der Waals surface area (Å²) in [4.78, 5) is 19.3. The van der Waals surface area contributed by atoms with Crippen molar-refractivity contribution in [2.24, 2.45) is 0 Å². The fourth-order valence-corrected chi connectivity index (χ4v) is 2.45. The molecule has 0 amide bonds. The number of nitrogens with one attached hydrogen (secondary N) is 1. The molecule has 1 N–H and O–H groups in total. The minimum atomic E-state index is -0.0760. The summed E-state index contributed by atoms with van der Waals surface area (Å²) in [5.74, 6) is 1.43. The van der Waals surface area contributed by atoms with Gasteiger partial charge in [-0.1, -0.05) is 13.3 Å². The van der Waals surface area contributed by atoms with Gasteiger partial charge in [-0.2, -0.15) is 0 Å². The quantitative estimate of drug-likeness (QED) is 0.805. The third-order valence-electron chi connectivity index (χ3n) is 2.86. The molecule has 0 saturated heterocycles. The molecule has 0 bridgehead atoms. The van der Waals surface area contributed by atoms with Gasteiger partial charge in [-0.15, -0.1) is 0 Å². The lowest BCUT2D eigenvalue weighted by atomic mass is 10.2. The van der Waals surface area contributed by atoms with Crippen LogP contribution in [-0.2, 0) is 6.42 Å². The van der Waals surface area contributed by atoms with Crippen LogP contribution in [0.3, 0.4) is 0 Å². The maximum Gasteiger partial charge on any atom is 0.264 e. The number of benzene rings is 1. The van der Waals surface area contributed by atoms with E-state index in [2.05, 4.69) is 39.5 Å². The predicted octanol–water partition coefficient (Wildman–Crippen LogP) is 3.39. The first-order valence-corrected chi connectivity index (χ1v) is 7.75. The lowest BCUT2D eigenvalue weighted by Gasteiger charge is -2.07. The molecule has 4 nitrogen and oxygen atoms in total. The Morgan fingerprint density at radius 2 is 1.95 bits per heavy atom. The van der Waals surface area contributed by atoms with E-state index in [-0.39, 0.29) is 5.56 Å². The zero-order valence-corrected chi connectivity index (χ0v) is 13.7. The van der Waals surface area contributed by atoms with Gasteiger partial charge in [-0.05, 0) is 60.2 Å². The number of H-pyrrole nitrogens is 1. The Kier molecular flexibility index (Phi) is 5.17. The van der Waals surface area contributed by atoms with Crippen LogP contribution in [-0.4, -0.2) is 16.6 Å². The zero-order valence-electron chi connectivity index (χ0n) is 11.6. The van der Waals surface area contributed by atoms with Crippen LogP contribution in [0.2, 0.25) is 0 Å². The summed E-state index contributed by atoms with van der Waals surface area (Å²) in [6.45, 7) is 4.66. The van der Waals surface area contributed by atoms with Gasteiger partial charge in [0.15, 0.2) is 0 Å². The molecule has 1 aromatic heterocycles. The highest BCUT2D eigenvalue weighted by atomic mass is 127. The van der Waals surface area contributed by atoms with E-state index in [0.29, 0.717) is 16.0 Å².